The fourth-order valence-corrected chi connectivity index (χ4v) is 3.14. The molecule has 0 atom stereocenters. The van der Waals surface area contributed by atoms with Crippen LogP contribution in [0, 0.1) is 6.92 Å². The number of esters is 1. The molecule has 0 aliphatic heterocycles. The summed E-state index contributed by atoms with van der Waals surface area (Å²) in [4.78, 5) is 35.3. The maximum absolute atomic E-state index is 12.1. The van der Waals surface area contributed by atoms with Crippen LogP contribution >= 0.6 is 11.3 Å². The smallest absolute Gasteiger partial charge is 0.375 e. The lowest BCUT2D eigenvalue weighted by Gasteiger charge is -2.05. The number of primary amides is 1. The maximum atomic E-state index is 12.1. The van der Waals surface area contributed by atoms with Crippen LogP contribution in [0.25, 0.3) is 11.0 Å². The summed E-state index contributed by atoms with van der Waals surface area (Å²) in [6.45, 7) is 1.23. The first-order valence-corrected chi connectivity index (χ1v) is 8.17. The number of aryl methyl sites for hydroxylation is 1. The zero-order valence-electron chi connectivity index (χ0n) is 13.2. The van der Waals surface area contributed by atoms with Gasteiger partial charge in [-0.2, -0.15) is 0 Å². The van der Waals surface area contributed by atoms with Crippen molar-refractivity contribution in [3.63, 3.8) is 0 Å². The molecule has 1 aromatic carbocycles. The van der Waals surface area contributed by atoms with Gasteiger partial charge in [0.05, 0.1) is 5.56 Å². The average Bonchev–Trinajstić information content (AvgIpc) is 3.18. The van der Waals surface area contributed by atoms with Gasteiger partial charge in [-0.15, -0.1) is 11.3 Å². The number of hydrogen-bond acceptors (Lipinski definition) is 6. The lowest BCUT2D eigenvalue weighted by molar-refractivity contribution is -0.119. The molecule has 0 radical (unpaired) electrons. The Morgan fingerprint density at radius 3 is 2.72 bits per heavy atom. The molecular weight excluding hydrogens is 344 g/mol. The topological polar surface area (TPSA) is 112 Å². The molecule has 0 saturated heterocycles. The molecule has 0 fully saturated rings. The average molecular weight is 358 g/mol. The summed E-state index contributed by atoms with van der Waals surface area (Å²) in [5.74, 6) is -1.90. The van der Waals surface area contributed by atoms with E-state index >= 15 is 0 Å². The van der Waals surface area contributed by atoms with E-state index in [4.69, 9.17) is 14.9 Å². The van der Waals surface area contributed by atoms with Crippen molar-refractivity contribution in [3.05, 3.63) is 52.6 Å². The Labute approximate surface area is 146 Å². The minimum absolute atomic E-state index is 0.0583. The summed E-state index contributed by atoms with van der Waals surface area (Å²) in [6, 6.07) is 8.72. The zero-order valence-corrected chi connectivity index (χ0v) is 14.0. The van der Waals surface area contributed by atoms with E-state index in [0.717, 1.165) is 16.7 Å². The Morgan fingerprint density at radius 2 is 2.00 bits per heavy atom. The Balaban J connectivity index is 1.65. The van der Waals surface area contributed by atoms with Gasteiger partial charge in [0.25, 0.3) is 11.8 Å². The van der Waals surface area contributed by atoms with E-state index in [1.807, 2.05) is 12.1 Å². The minimum Gasteiger partial charge on any atom is -0.450 e. The fraction of sp³-hybridized carbons (Fsp3) is 0.118. The van der Waals surface area contributed by atoms with E-state index < -0.39 is 24.4 Å². The highest BCUT2D eigenvalue weighted by atomic mass is 32.1. The third kappa shape index (κ3) is 3.38. The lowest BCUT2D eigenvalue weighted by Crippen LogP contribution is -2.22. The highest BCUT2D eigenvalue weighted by Crippen LogP contribution is 2.25. The number of para-hydroxylation sites is 1. The van der Waals surface area contributed by atoms with Gasteiger partial charge >= 0.3 is 5.97 Å². The number of nitrogens with two attached hydrogens (primary N) is 1. The summed E-state index contributed by atoms with van der Waals surface area (Å²) in [5.41, 5.74) is 6.63. The monoisotopic (exact) mass is 358 g/mol. The number of thiophene rings is 1. The summed E-state index contributed by atoms with van der Waals surface area (Å²) in [7, 11) is 0. The van der Waals surface area contributed by atoms with E-state index in [9.17, 15) is 14.4 Å². The molecule has 3 rings (SSSR count). The van der Waals surface area contributed by atoms with Gasteiger partial charge in [-0.05, 0) is 24.4 Å². The number of carbonyl (C=O) groups is 3. The first-order chi connectivity index (χ1) is 12.0. The SMILES string of the molecule is Cc1c(C(=O)OCC(=O)Nc2sccc2C(N)=O)oc2ccccc12. The third-order valence-electron chi connectivity index (χ3n) is 3.55. The van der Waals surface area contributed by atoms with Crippen LogP contribution in [-0.4, -0.2) is 24.4 Å². The van der Waals surface area contributed by atoms with Crippen LogP contribution in [0.1, 0.15) is 26.5 Å². The molecular formula is C17H14N2O5S. The molecule has 0 unspecified atom stereocenters. The van der Waals surface area contributed by atoms with Crippen molar-refractivity contribution in [2.45, 2.75) is 6.92 Å². The predicted molar refractivity (Wildman–Crippen MR) is 92.7 cm³/mol. The molecule has 0 bridgehead atoms. The van der Waals surface area contributed by atoms with Crippen LogP contribution in [0.2, 0.25) is 0 Å². The van der Waals surface area contributed by atoms with Crippen molar-refractivity contribution in [1.82, 2.24) is 0 Å². The standard InChI is InChI=1S/C17H14N2O5S/c1-9-10-4-2-3-5-12(10)24-14(9)17(22)23-8-13(20)19-16-11(15(18)21)6-7-25-16/h2-7H,8H2,1H3,(H2,18,21)(H,19,20). The second-order valence-corrected chi connectivity index (χ2v) is 6.12. The highest BCUT2D eigenvalue weighted by molar-refractivity contribution is 7.14. The first-order valence-electron chi connectivity index (χ1n) is 7.29. The van der Waals surface area contributed by atoms with E-state index in [2.05, 4.69) is 5.32 Å². The van der Waals surface area contributed by atoms with Gasteiger partial charge in [0.2, 0.25) is 5.76 Å². The fourth-order valence-electron chi connectivity index (χ4n) is 2.33. The van der Waals surface area contributed by atoms with E-state index in [-0.39, 0.29) is 11.3 Å². The predicted octanol–water partition coefficient (Wildman–Crippen LogP) is 2.70. The second kappa shape index (κ2) is 6.78. The molecule has 7 nitrogen and oxygen atoms in total. The van der Waals surface area contributed by atoms with Crippen molar-refractivity contribution in [1.29, 1.82) is 0 Å². The number of amides is 2. The number of hydrogen-bond donors (Lipinski definition) is 2. The summed E-state index contributed by atoms with van der Waals surface area (Å²) in [5, 5.41) is 5.24. The van der Waals surface area contributed by atoms with Gasteiger partial charge in [0.15, 0.2) is 6.61 Å². The molecule has 2 aromatic heterocycles. The van der Waals surface area contributed by atoms with Crippen molar-refractivity contribution in [2.75, 3.05) is 11.9 Å². The molecule has 2 amide bonds. The minimum atomic E-state index is -0.731. The van der Waals surface area contributed by atoms with Gasteiger partial charge in [0.1, 0.15) is 10.6 Å². The van der Waals surface area contributed by atoms with Crippen LogP contribution < -0.4 is 11.1 Å². The first kappa shape index (κ1) is 16.7. The molecule has 0 aliphatic carbocycles. The lowest BCUT2D eigenvalue weighted by atomic mass is 10.1. The van der Waals surface area contributed by atoms with Crippen LogP contribution in [-0.2, 0) is 9.53 Å². The zero-order chi connectivity index (χ0) is 18.0. The van der Waals surface area contributed by atoms with Crippen molar-refractivity contribution in [2.24, 2.45) is 5.73 Å². The van der Waals surface area contributed by atoms with Crippen LogP contribution in [0.15, 0.2) is 40.1 Å². The Morgan fingerprint density at radius 1 is 1.24 bits per heavy atom. The van der Waals surface area contributed by atoms with E-state index in [1.54, 1.807) is 24.4 Å². The number of anilines is 1. The molecule has 128 valence electrons. The van der Waals surface area contributed by atoms with Gasteiger partial charge in [-0.3, -0.25) is 9.59 Å². The van der Waals surface area contributed by atoms with E-state index in [0.29, 0.717) is 16.1 Å². The van der Waals surface area contributed by atoms with Gasteiger partial charge in [0, 0.05) is 10.9 Å². The Kier molecular flexibility index (Phi) is 4.53. The third-order valence-corrected chi connectivity index (χ3v) is 4.38. The molecule has 3 N–H and O–H groups in total. The van der Waals surface area contributed by atoms with Crippen molar-refractivity contribution >= 4 is 45.1 Å². The quantitative estimate of drug-likeness (QED) is 0.681. The summed E-state index contributed by atoms with van der Waals surface area (Å²) >= 11 is 1.15. The Hall–Kier alpha value is -3.13. The Bertz CT molecular complexity index is 972. The maximum Gasteiger partial charge on any atom is 0.375 e. The van der Waals surface area contributed by atoms with Crippen LogP contribution in [0.4, 0.5) is 5.00 Å². The molecule has 8 heteroatoms. The number of carbonyl (C=O) groups excluding carboxylic acids is 3. The molecule has 0 aliphatic rings. The number of rotatable bonds is 5. The van der Waals surface area contributed by atoms with Crippen LogP contribution in [0.5, 0.6) is 0 Å². The van der Waals surface area contributed by atoms with E-state index in [1.165, 1.54) is 6.07 Å². The molecule has 0 spiro atoms. The molecule has 0 saturated carbocycles. The molecule has 25 heavy (non-hydrogen) atoms. The number of fused-ring (bicyclic) bond motifs is 1. The summed E-state index contributed by atoms with van der Waals surface area (Å²) < 4.78 is 10.5. The number of ether oxygens (including phenoxy) is 1. The highest BCUT2D eigenvalue weighted by Gasteiger charge is 2.20. The molecule has 2 heterocycles. The molecule has 3 aromatic rings. The van der Waals surface area contributed by atoms with Crippen molar-refractivity contribution in [3.8, 4) is 0 Å². The van der Waals surface area contributed by atoms with Gasteiger partial charge in [-0.1, -0.05) is 18.2 Å². The largest absolute Gasteiger partial charge is 0.450 e. The number of furan rings is 1. The normalized spacial score (nSPS) is 10.6. The van der Waals surface area contributed by atoms with Crippen LogP contribution in [0.3, 0.4) is 0 Å². The van der Waals surface area contributed by atoms with Gasteiger partial charge < -0.3 is 20.2 Å². The van der Waals surface area contributed by atoms with Gasteiger partial charge in [-0.25, -0.2) is 4.79 Å². The number of nitrogens with one attached hydrogen (secondary N) is 1. The number of benzene rings is 1. The second-order valence-electron chi connectivity index (χ2n) is 5.20. The summed E-state index contributed by atoms with van der Waals surface area (Å²) in [6.07, 6.45) is 0. The van der Waals surface area contributed by atoms with Crippen molar-refractivity contribution < 1.29 is 23.5 Å².